The van der Waals surface area contributed by atoms with E-state index in [1.165, 1.54) is 0 Å². The summed E-state index contributed by atoms with van der Waals surface area (Å²) in [4.78, 5) is 19.1. The smallest absolute Gasteiger partial charge is 0.255 e. The van der Waals surface area contributed by atoms with Crippen molar-refractivity contribution in [3.63, 3.8) is 0 Å². The number of hydrogen-bond donors (Lipinski definition) is 1. The molecular weight excluding hydrogens is 350 g/mol. The fraction of sp³-hybridized carbons (Fsp3) is 0.227. The molecule has 142 valence electrons. The first kappa shape index (κ1) is 18.1. The predicted molar refractivity (Wildman–Crippen MR) is 110 cm³/mol. The van der Waals surface area contributed by atoms with Gasteiger partial charge in [-0.2, -0.15) is 5.10 Å². The maximum Gasteiger partial charge on any atom is 0.255 e. The van der Waals surface area contributed by atoms with Gasteiger partial charge in [-0.3, -0.25) is 14.7 Å². The number of aromatic nitrogens is 3. The van der Waals surface area contributed by atoms with Crippen molar-refractivity contribution >= 4 is 17.0 Å². The molecule has 0 radical (unpaired) electrons. The van der Waals surface area contributed by atoms with E-state index in [9.17, 15) is 4.79 Å². The number of carbonyl (C=O) groups excluding carboxylic acids is 1. The van der Waals surface area contributed by atoms with Crippen molar-refractivity contribution < 1.29 is 4.79 Å². The summed E-state index contributed by atoms with van der Waals surface area (Å²) in [6.45, 7) is 4.54. The summed E-state index contributed by atoms with van der Waals surface area (Å²) in [6.07, 6.45) is 17.0. The maximum absolute atomic E-state index is 13.0. The zero-order valence-corrected chi connectivity index (χ0v) is 16.1. The van der Waals surface area contributed by atoms with E-state index in [0.717, 1.165) is 52.3 Å². The van der Waals surface area contributed by atoms with Gasteiger partial charge in [-0.15, -0.1) is 0 Å². The lowest BCUT2D eigenvalue weighted by atomic mass is 10.0. The first-order valence-corrected chi connectivity index (χ1v) is 9.41. The Morgan fingerprint density at radius 2 is 2.04 bits per heavy atom. The molecule has 2 N–H and O–H groups in total. The highest BCUT2D eigenvalue weighted by Gasteiger charge is 2.19. The van der Waals surface area contributed by atoms with Gasteiger partial charge in [0.15, 0.2) is 0 Å². The van der Waals surface area contributed by atoms with Crippen LogP contribution in [0.3, 0.4) is 0 Å². The van der Waals surface area contributed by atoms with E-state index in [1.54, 1.807) is 11.0 Å². The van der Waals surface area contributed by atoms with Crippen molar-refractivity contribution in [3.05, 3.63) is 83.3 Å². The quantitative estimate of drug-likeness (QED) is 0.893. The van der Waals surface area contributed by atoms with Gasteiger partial charge in [0.25, 0.3) is 5.91 Å². The highest BCUT2D eigenvalue weighted by Crippen LogP contribution is 2.25. The van der Waals surface area contributed by atoms with Crippen LogP contribution in [0.5, 0.6) is 0 Å². The minimum absolute atomic E-state index is 0.0942. The van der Waals surface area contributed by atoms with E-state index < -0.39 is 0 Å². The van der Waals surface area contributed by atoms with Crippen molar-refractivity contribution in [2.45, 2.75) is 26.7 Å². The molecule has 4 rings (SSSR count). The van der Waals surface area contributed by atoms with Crippen LogP contribution in [0.2, 0.25) is 0 Å². The Morgan fingerprint density at radius 3 is 2.86 bits per heavy atom. The third-order valence-corrected chi connectivity index (χ3v) is 4.83. The molecule has 0 saturated heterocycles. The predicted octanol–water partition coefficient (Wildman–Crippen LogP) is 3.20. The minimum Gasteiger partial charge on any atom is -0.330 e. The van der Waals surface area contributed by atoms with Crippen LogP contribution in [0, 0.1) is 13.8 Å². The Bertz CT molecular complexity index is 1100. The average Bonchev–Trinajstić information content (AvgIpc) is 3.08. The molecule has 0 unspecified atom stereocenters. The molecule has 0 fully saturated rings. The molecule has 2 aliphatic heterocycles. The van der Waals surface area contributed by atoms with Crippen molar-refractivity contribution in [2.75, 3.05) is 6.54 Å². The average molecular weight is 373 g/mol. The Labute approximate surface area is 164 Å². The highest BCUT2D eigenvalue weighted by molar-refractivity contribution is 5.99. The summed E-state index contributed by atoms with van der Waals surface area (Å²) in [6, 6.07) is 1.97. The van der Waals surface area contributed by atoms with Crippen LogP contribution in [-0.4, -0.2) is 31.9 Å². The van der Waals surface area contributed by atoms with Crippen molar-refractivity contribution in [1.82, 2.24) is 19.5 Å². The minimum atomic E-state index is -0.0942. The summed E-state index contributed by atoms with van der Waals surface area (Å²) >= 11 is 0. The number of fused-ring (bicyclic) bond motifs is 2. The molecular formula is C22H23N5O. The summed E-state index contributed by atoms with van der Waals surface area (Å²) in [5, 5.41) is 4.65. The van der Waals surface area contributed by atoms with Gasteiger partial charge in [0.1, 0.15) is 0 Å². The maximum atomic E-state index is 13.0. The zero-order valence-electron chi connectivity index (χ0n) is 16.1. The number of aryl methyl sites for hydroxylation is 2. The number of amides is 1. The van der Waals surface area contributed by atoms with Gasteiger partial charge < -0.3 is 5.73 Å². The topological polar surface area (TPSA) is 76.5 Å². The molecule has 0 aliphatic carbocycles. The van der Waals surface area contributed by atoms with E-state index in [4.69, 9.17) is 5.73 Å². The molecule has 6 heteroatoms. The number of nitrogens with two attached hydrogens (primary N) is 1. The second-order valence-corrected chi connectivity index (χ2v) is 7.02. The van der Waals surface area contributed by atoms with Crippen LogP contribution in [0.15, 0.2) is 66.2 Å². The zero-order chi connectivity index (χ0) is 19.7. The molecule has 2 aliphatic rings. The monoisotopic (exact) mass is 373 g/mol. The SMILES string of the molecule is Cc1cn2nc(C3=CC(=O)N4C=C(CCCN)C=C/C4=C\C=C3)cc2c(C)n1. The molecule has 0 aromatic carbocycles. The number of rotatable bonds is 4. The van der Waals surface area contributed by atoms with Crippen LogP contribution >= 0.6 is 0 Å². The van der Waals surface area contributed by atoms with Gasteiger partial charge in [0.05, 0.1) is 28.8 Å². The van der Waals surface area contributed by atoms with Gasteiger partial charge >= 0.3 is 0 Å². The molecule has 2 aromatic heterocycles. The molecule has 0 spiro atoms. The Balaban J connectivity index is 1.71. The van der Waals surface area contributed by atoms with E-state index in [0.29, 0.717) is 6.54 Å². The second kappa shape index (κ2) is 7.40. The van der Waals surface area contributed by atoms with E-state index >= 15 is 0 Å². The fourth-order valence-electron chi connectivity index (χ4n) is 3.43. The Morgan fingerprint density at radius 1 is 1.18 bits per heavy atom. The summed E-state index contributed by atoms with van der Waals surface area (Å²) in [5.74, 6) is -0.0942. The number of allylic oxidation sites excluding steroid dienone is 7. The second-order valence-electron chi connectivity index (χ2n) is 7.02. The normalized spacial score (nSPS) is 18.3. The van der Waals surface area contributed by atoms with Crippen LogP contribution in [0.1, 0.15) is 29.9 Å². The molecule has 1 amide bonds. The lowest BCUT2D eigenvalue weighted by Crippen LogP contribution is -2.25. The fourth-order valence-corrected chi connectivity index (χ4v) is 3.43. The summed E-state index contributed by atoms with van der Waals surface area (Å²) < 4.78 is 1.82. The Hall–Kier alpha value is -3.25. The number of carbonyl (C=O) groups is 1. The first-order chi connectivity index (χ1) is 13.5. The van der Waals surface area contributed by atoms with Gasteiger partial charge in [-0.05, 0) is 57.0 Å². The summed E-state index contributed by atoms with van der Waals surface area (Å²) in [5.41, 5.74) is 11.8. The van der Waals surface area contributed by atoms with Gasteiger partial charge in [0, 0.05) is 23.5 Å². The largest absolute Gasteiger partial charge is 0.330 e. The molecule has 0 bridgehead atoms. The van der Waals surface area contributed by atoms with E-state index in [-0.39, 0.29) is 5.91 Å². The molecule has 2 aromatic rings. The standard InChI is InChI=1S/C22H23N5O/c1-15-13-27-21(16(2)24-15)12-20(25-27)18-6-3-7-19-9-8-17(5-4-10-23)14-26(19)22(28)11-18/h3,6-9,11-14H,4-5,10,23H2,1-2H3/b6-3?,18-11?,19-7+. The van der Waals surface area contributed by atoms with Crippen molar-refractivity contribution in [2.24, 2.45) is 5.73 Å². The number of hydrogen-bond acceptors (Lipinski definition) is 4. The third-order valence-electron chi connectivity index (χ3n) is 4.83. The van der Waals surface area contributed by atoms with Crippen LogP contribution in [-0.2, 0) is 4.79 Å². The lowest BCUT2D eigenvalue weighted by molar-refractivity contribution is -0.122. The van der Waals surface area contributed by atoms with Gasteiger partial charge in [-0.1, -0.05) is 18.2 Å². The third kappa shape index (κ3) is 3.46. The number of nitrogens with zero attached hydrogens (tertiary/aromatic N) is 4. The summed E-state index contributed by atoms with van der Waals surface area (Å²) in [7, 11) is 0. The first-order valence-electron chi connectivity index (χ1n) is 9.41. The van der Waals surface area contributed by atoms with E-state index in [1.807, 2.05) is 67.2 Å². The van der Waals surface area contributed by atoms with Gasteiger partial charge in [-0.25, -0.2) is 4.52 Å². The molecule has 6 nitrogen and oxygen atoms in total. The van der Waals surface area contributed by atoms with Gasteiger partial charge in [0.2, 0.25) is 0 Å². The molecule has 0 saturated carbocycles. The van der Waals surface area contributed by atoms with Crippen molar-refractivity contribution in [1.29, 1.82) is 0 Å². The Kier molecular flexibility index (Phi) is 4.79. The van der Waals surface area contributed by atoms with E-state index in [2.05, 4.69) is 10.1 Å². The molecule has 0 atom stereocenters. The van der Waals surface area contributed by atoms with Crippen LogP contribution in [0.4, 0.5) is 0 Å². The highest BCUT2D eigenvalue weighted by atomic mass is 16.2. The molecule has 4 heterocycles. The molecule has 28 heavy (non-hydrogen) atoms. The van der Waals surface area contributed by atoms with Crippen LogP contribution in [0.25, 0.3) is 11.1 Å². The van der Waals surface area contributed by atoms with Crippen molar-refractivity contribution in [3.8, 4) is 0 Å². The lowest BCUT2D eigenvalue weighted by Gasteiger charge is -2.24. The van der Waals surface area contributed by atoms with Crippen LogP contribution < -0.4 is 5.73 Å².